The molecule has 0 aliphatic carbocycles. The molecule has 0 aliphatic rings. The van der Waals surface area contributed by atoms with Gasteiger partial charge >= 0.3 is 11.9 Å². The lowest BCUT2D eigenvalue weighted by molar-refractivity contribution is -0.159. The number of carbonyl (C=O) groups excluding carboxylic acids is 2. The molecule has 0 aliphatic heterocycles. The summed E-state index contributed by atoms with van der Waals surface area (Å²) < 4.78 is 0. The molecule has 2 rings (SSSR count). The van der Waals surface area contributed by atoms with Crippen LogP contribution in [-0.2, 0) is 25.6 Å². The number of imide groups is 1. The second-order valence-electron chi connectivity index (χ2n) is 7.83. The SMILES string of the molecule is N=C(N)c1ccc(/C=C/CCC(=O)N(C(=O)[C@@H](N)CC(=O)O)[C@@H](Cc2ccccc2)C(=O)O)cc1. The van der Waals surface area contributed by atoms with E-state index in [1.807, 2.05) is 0 Å². The molecule has 0 unspecified atom stereocenters. The third-order valence-corrected chi connectivity index (χ3v) is 5.14. The molecular formula is C25H28N4O6. The van der Waals surface area contributed by atoms with E-state index in [0.29, 0.717) is 16.0 Å². The standard InChI is InChI=1S/C25H28N4O6/c26-19(15-22(31)32)24(33)29(20(25(34)35)14-17-7-2-1-3-8-17)21(30)9-5-4-6-16-10-12-18(13-11-16)23(27)28/h1-4,6-8,10-13,19-20H,5,9,14-15,26H2,(H3,27,28)(H,31,32)(H,34,35)/b6-4+/t19-,20-/m0/s1. The van der Waals surface area contributed by atoms with Gasteiger partial charge in [0.15, 0.2) is 0 Å². The zero-order chi connectivity index (χ0) is 26.0. The predicted octanol–water partition coefficient (Wildman–Crippen LogP) is 1.62. The first-order chi connectivity index (χ1) is 16.6. The molecule has 10 nitrogen and oxygen atoms in total. The van der Waals surface area contributed by atoms with Crippen LogP contribution in [0.4, 0.5) is 0 Å². The van der Waals surface area contributed by atoms with E-state index in [1.165, 1.54) is 0 Å². The summed E-state index contributed by atoms with van der Waals surface area (Å²) in [6.45, 7) is 0. The molecule has 0 bridgehead atoms. The van der Waals surface area contributed by atoms with E-state index in [4.69, 9.17) is 22.0 Å². The second kappa shape index (κ2) is 12.8. The molecular weight excluding hydrogens is 452 g/mol. The summed E-state index contributed by atoms with van der Waals surface area (Å²) in [6, 6.07) is 12.2. The lowest BCUT2D eigenvalue weighted by Crippen LogP contribution is -2.55. The number of allylic oxidation sites excluding steroid dienone is 1. The van der Waals surface area contributed by atoms with Crippen LogP contribution in [-0.4, -0.2) is 56.8 Å². The van der Waals surface area contributed by atoms with E-state index in [0.717, 1.165) is 5.56 Å². The van der Waals surface area contributed by atoms with Crippen LogP contribution in [0, 0.1) is 5.41 Å². The van der Waals surface area contributed by atoms with Gasteiger partial charge in [-0.2, -0.15) is 0 Å². The molecule has 0 radical (unpaired) electrons. The Morgan fingerprint density at radius 1 is 1.00 bits per heavy atom. The highest BCUT2D eigenvalue weighted by Crippen LogP contribution is 2.15. The minimum Gasteiger partial charge on any atom is -0.481 e. The van der Waals surface area contributed by atoms with Crippen molar-refractivity contribution in [2.24, 2.45) is 11.5 Å². The highest BCUT2D eigenvalue weighted by atomic mass is 16.4. The van der Waals surface area contributed by atoms with Crippen LogP contribution in [0.5, 0.6) is 0 Å². The largest absolute Gasteiger partial charge is 0.481 e. The van der Waals surface area contributed by atoms with Crippen molar-refractivity contribution in [1.82, 2.24) is 4.90 Å². The number of hydrogen-bond acceptors (Lipinski definition) is 6. The number of hydrogen-bond donors (Lipinski definition) is 5. The fourth-order valence-corrected chi connectivity index (χ4v) is 3.35. The van der Waals surface area contributed by atoms with Crippen molar-refractivity contribution in [2.75, 3.05) is 0 Å². The smallest absolute Gasteiger partial charge is 0.327 e. The Bertz CT molecular complexity index is 1100. The Labute approximate surface area is 202 Å². The van der Waals surface area contributed by atoms with Crippen LogP contribution in [0.1, 0.15) is 36.0 Å². The van der Waals surface area contributed by atoms with E-state index in [1.54, 1.807) is 66.7 Å². The first kappa shape index (κ1) is 26.9. The molecule has 0 saturated carbocycles. The number of carboxylic acids is 2. The van der Waals surface area contributed by atoms with Crippen molar-refractivity contribution < 1.29 is 29.4 Å². The Kier molecular flexibility index (Phi) is 9.85. The molecule has 2 atom stereocenters. The Hall–Kier alpha value is -4.31. The van der Waals surface area contributed by atoms with Gasteiger partial charge in [-0.3, -0.25) is 24.7 Å². The molecule has 7 N–H and O–H groups in total. The normalized spacial score (nSPS) is 12.6. The van der Waals surface area contributed by atoms with Gasteiger partial charge in [0.25, 0.3) is 0 Å². The van der Waals surface area contributed by atoms with Gasteiger partial charge in [-0.15, -0.1) is 0 Å². The van der Waals surface area contributed by atoms with Crippen LogP contribution >= 0.6 is 0 Å². The van der Waals surface area contributed by atoms with E-state index in [-0.39, 0.29) is 25.1 Å². The van der Waals surface area contributed by atoms with Gasteiger partial charge in [-0.25, -0.2) is 4.79 Å². The number of nitrogens with one attached hydrogen (secondary N) is 1. The van der Waals surface area contributed by atoms with Crippen LogP contribution in [0.3, 0.4) is 0 Å². The molecule has 2 amide bonds. The van der Waals surface area contributed by atoms with Gasteiger partial charge in [-0.05, 0) is 17.5 Å². The maximum Gasteiger partial charge on any atom is 0.327 e. The summed E-state index contributed by atoms with van der Waals surface area (Å²) in [5.74, 6) is -4.62. The van der Waals surface area contributed by atoms with Crippen LogP contribution < -0.4 is 11.5 Å². The Morgan fingerprint density at radius 3 is 2.17 bits per heavy atom. The van der Waals surface area contributed by atoms with Crippen molar-refractivity contribution in [1.29, 1.82) is 5.41 Å². The number of aliphatic carboxylic acids is 2. The monoisotopic (exact) mass is 480 g/mol. The zero-order valence-electron chi connectivity index (χ0n) is 19.0. The number of amidine groups is 1. The van der Waals surface area contributed by atoms with Gasteiger partial charge in [0, 0.05) is 18.4 Å². The topological polar surface area (TPSA) is 188 Å². The number of rotatable bonds is 12. The van der Waals surface area contributed by atoms with Crippen molar-refractivity contribution >= 4 is 35.7 Å². The van der Waals surface area contributed by atoms with Crippen molar-refractivity contribution in [2.45, 2.75) is 37.8 Å². The van der Waals surface area contributed by atoms with Crippen molar-refractivity contribution in [3.63, 3.8) is 0 Å². The summed E-state index contributed by atoms with van der Waals surface area (Å²) in [5.41, 5.74) is 13.1. The first-order valence-electron chi connectivity index (χ1n) is 10.8. The van der Waals surface area contributed by atoms with E-state index >= 15 is 0 Å². The van der Waals surface area contributed by atoms with Crippen molar-refractivity contribution in [3.05, 3.63) is 77.4 Å². The number of benzene rings is 2. The summed E-state index contributed by atoms with van der Waals surface area (Å²) in [7, 11) is 0. The average Bonchev–Trinajstić information content (AvgIpc) is 2.81. The van der Waals surface area contributed by atoms with Gasteiger partial charge in [0.05, 0.1) is 12.5 Å². The van der Waals surface area contributed by atoms with Crippen LogP contribution in [0.15, 0.2) is 60.7 Å². The minimum atomic E-state index is -1.57. The molecule has 0 spiro atoms. The summed E-state index contributed by atoms with van der Waals surface area (Å²) in [4.78, 5) is 49.6. The predicted molar refractivity (Wildman–Crippen MR) is 129 cm³/mol. The van der Waals surface area contributed by atoms with E-state index < -0.39 is 42.3 Å². The lowest BCUT2D eigenvalue weighted by Gasteiger charge is -2.29. The number of amides is 2. The Balaban J connectivity index is 2.19. The molecule has 10 heteroatoms. The third-order valence-electron chi connectivity index (χ3n) is 5.14. The molecule has 0 fully saturated rings. The summed E-state index contributed by atoms with van der Waals surface area (Å²) in [5, 5.41) is 26.2. The van der Waals surface area contributed by atoms with Crippen molar-refractivity contribution in [3.8, 4) is 0 Å². The van der Waals surface area contributed by atoms with Gasteiger partial charge in [0.1, 0.15) is 11.9 Å². The summed E-state index contributed by atoms with van der Waals surface area (Å²) in [6.07, 6.45) is 2.54. The molecule has 2 aromatic carbocycles. The highest BCUT2D eigenvalue weighted by Gasteiger charge is 2.37. The van der Waals surface area contributed by atoms with Crippen LogP contribution in [0.25, 0.3) is 6.08 Å². The number of carbonyl (C=O) groups is 4. The van der Waals surface area contributed by atoms with Gasteiger partial charge in [0.2, 0.25) is 11.8 Å². The average molecular weight is 481 g/mol. The molecule has 0 saturated heterocycles. The molecule has 0 aromatic heterocycles. The van der Waals surface area contributed by atoms with Gasteiger partial charge < -0.3 is 21.7 Å². The second-order valence-corrected chi connectivity index (χ2v) is 7.83. The fourth-order valence-electron chi connectivity index (χ4n) is 3.35. The Morgan fingerprint density at radius 2 is 1.63 bits per heavy atom. The van der Waals surface area contributed by atoms with E-state index in [2.05, 4.69) is 0 Å². The zero-order valence-corrected chi connectivity index (χ0v) is 19.0. The maximum absolute atomic E-state index is 13.0. The molecule has 184 valence electrons. The molecule has 0 heterocycles. The molecule has 35 heavy (non-hydrogen) atoms. The minimum absolute atomic E-state index is 0.0551. The number of nitrogens with two attached hydrogens (primary N) is 2. The number of carboxylic acid groups (broad SMARTS) is 2. The number of nitrogens with zero attached hydrogens (tertiary/aromatic N) is 1. The van der Waals surface area contributed by atoms with E-state index in [9.17, 15) is 24.3 Å². The quantitative estimate of drug-likeness (QED) is 0.224. The van der Waals surface area contributed by atoms with Gasteiger partial charge in [-0.1, -0.05) is 66.7 Å². The fraction of sp³-hybridized carbons (Fsp3) is 0.240. The number of nitrogen functional groups attached to an aromatic ring is 1. The lowest BCUT2D eigenvalue weighted by atomic mass is 10.0. The first-order valence-corrected chi connectivity index (χ1v) is 10.8. The highest BCUT2D eigenvalue weighted by molar-refractivity contribution is 6.02. The maximum atomic E-state index is 13.0. The van der Waals surface area contributed by atoms with Crippen LogP contribution in [0.2, 0.25) is 0 Å². The summed E-state index contributed by atoms with van der Waals surface area (Å²) >= 11 is 0. The third kappa shape index (κ3) is 8.20. The molecule has 2 aromatic rings.